The Morgan fingerprint density at radius 1 is 1.19 bits per heavy atom. The van der Waals surface area contributed by atoms with E-state index in [9.17, 15) is 5.11 Å². The van der Waals surface area contributed by atoms with Crippen molar-refractivity contribution in [2.24, 2.45) is 0 Å². The van der Waals surface area contributed by atoms with Gasteiger partial charge in [-0.25, -0.2) is 0 Å². The van der Waals surface area contributed by atoms with Crippen LogP contribution in [0.2, 0.25) is 0 Å². The number of hydrogen-bond donors (Lipinski definition) is 2. The lowest BCUT2D eigenvalue weighted by molar-refractivity contribution is 0.415. The molecular formula is C18H21NO2. The first-order valence-electron chi connectivity index (χ1n) is 7.33. The van der Waals surface area contributed by atoms with Gasteiger partial charge in [0.1, 0.15) is 11.5 Å². The standard InChI is InChI=1S/C18H21NO2/c1-11-7-8-16(20)18-15(9-12(2)17(11)18)19-13-5-4-6-14(10-13)21-3/h4-8,10,12,15,19-20H,9H2,1-3H3. The van der Waals surface area contributed by atoms with E-state index in [-0.39, 0.29) is 6.04 Å². The van der Waals surface area contributed by atoms with Gasteiger partial charge in [0.15, 0.2) is 0 Å². The number of phenols is 1. The van der Waals surface area contributed by atoms with E-state index in [4.69, 9.17) is 4.74 Å². The molecule has 2 N–H and O–H groups in total. The van der Waals surface area contributed by atoms with Crippen molar-refractivity contribution >= 4 is 5.69 Å². The summed E-state index contributed by atoms with van der Waals surface area (Å²) in [5.74, 6) is 1.68. The highest BCUT2D eigenvalue weighted by molar-refractivity contribution is 5.56. The minimum atomic E-state index is 0.141. The van der Waals surface area contributed by atoms with Crippen molar-refractivity contribution in [1.82, 2.24) is 0 Å². The summed E-state index contributed by atoms with van der Waals surface area (Å²) in [7, 11) is 1.67. The third-order valence-corrected chi connectivity index (χ3v) is 4.32. The molecule has 21 heavy (non-hydrogen) atoms. The number of ether oxygens (including phenoxy) is 1. The quantitative estimate of drug-likeness (QED) is 0.879. The van der Waals surface area contributed by atoms with E-state index in [1.165, 1.54) is 11.1 Å². The molecule has 0 heterocycles. The first-order chi connectivity index (χ1) is 10.1. The number of fused-ring (bicyclic) bond motifs is 1. The van der Waals surface area contributed by atoms with Gasteiger partial charge < -0.3 is 15.2 Å². The van der Waals surface area contributed by atoms with Crippen molar-refractivity contribution < 1.29 is 9.84 Å². The molecule has 0 saturated heterocycles. The summed E-state index contributed by atoms with van der Waals surface area (Å²) < 4.78 is 5.26. The Kier molecular flexibility index (Phi) is 3.50. The summed E-state index contributed by atoms with van der Waals surface area (Å²) in [4.78, 5) is 0. The van der Waals surface area contributed by atoms with Crippen LogP contribution in [0.15, 0.2) is 36.4 Å². The fourth-order valence-corrected chi connectivity index (χ4v) is 3.39. The lowest BCUT2D eigenvalue weighted by Gasteiger charge is -2.17. The van der Waals surface area contributed by atoms with E-state index in [0.717, 1.165) is 23.4 Å². The van der Waals surface area contributed by atoms with Crippen LogP contribution in [0.5, 0.6) is 11.5 Å². The van der Waals surface area contributed by atoms with Crippen molar-refractivity contribution in [2.75, 3.05) is 12.4 Å². The number of anilines is 1. The molecule has 3 heteroatoms. The number of methoxy groups -OCH3 is 1. The Bertz CT molecular complexity index is 666. The molecule has 0 amide bonds. The third kappa shape index (κ3) is 2.44. The van der Waals surface area contributed by atoms with Crippen LogP contribution in [0, 0.1) is 6.92 Å². The van der Waals surface area contributed by atoms with Gasteiger partial charge in [-0.1, -0.05) is 19.1 Å². The first kappa shape index (κ1) is 13.8. The predicted octanol–water partition coefficient (Wildman–Crippen LogP) is 4.37. The molecule has 110 valence electrons. The maximum absolute atomic E-state index is 10.3. The maximum atomic E-state index is 10.3. The number of phenolic OH excluding ortho intramolecular Hbond substituents is 1. The average molecular weight is 283 g/mol. The lowest BCUT2D eigenvalue weighted by Crippen LogP contribution is -2.07. The summed E-state index contributed by atoms with van der Waals surface area (Å²) >= 11 is 0. The van der Waals surface area contributed by atoms with Crippen LogP contribution in [-0.4, -0.2) is 12.2 Å². The molecule has 0 spiro atoms. The van der Waals surface area contributed by atoms with Crippen LogP contribution < -0.4 is 10.1 Å². The zero-order valence-electron chi connectivity index (χ0n) is 12.7. The second kappa shape index (κ2) is 5.32. The van der Waals surface area contributed by atoms with Gasteiger partial charge in [-0.05, 0) is 48.6 Å². The number of nitrogens with one attached hydrogen (secondary N) is 1. The Morgan fingerprint density at radius 2 is 2.00 bits per heavy atom. The van der Waals surface area contributed by atoms with Crippen molar-refractivity contribution in [1.29, 1.82) is 0 Å². The van der Waals surface area contributed by atoms with Crippen LogP contribution >= 0.6 is 0 Å². The molecule has 0 fully saturated rings. The predicted molar refractivity (Wildman–Crippen MR) is 85.2 cm³/mol. The summed E-state index contributed by atoms with van der Waals surface area (Å²) in [6.07, 6.45) is 0.991. The smallest absolute Gasteiger partial charge is 0.121 e. The monoisotopic (exact) mass is 283 g/mol. The number of hydrogen-bond acceptors (Lipinski definition) is 3. The van der Waals surface area contributed by atoms with Crippen molar-refractivity contribution in [3.8, 4) is 11.5 Å². The van der Waals surface area contributed by atoms with Crippen LogP contribution in [0.3, 0.4) is 0 Å². The van der Waals surface area contributed by atoms with Gasteiger partial charge >= 0.3 is 0 Å². The van der Waals surface area contributed by atoms with Gasteiger partial charge in [0.2, 0.25) is 0 Å². The first-order valence-corrected chi connectivity index (χ1v) is 7.33. The van der Waals surface area contributed by atoms with Crippen LogP contribution in [-0.2, 0) is 0 Å². The molecule has 1 aliphatic rings. The summed E-state index contributed by atoms with van der Waals surface area (Å²) in [5, 5.41) is 13.8. The van der Waals surface area contributed by atoms with E-state index in [0.29, 0.717) is 11.7 Å². The zero-order chi connectivity index (χ0) is 15.0. The van der Waals surface area contributed by atoms with Crippen LogP contribution in [0.25, 0.3) is 0 Å². The molecule has 2 unspecified atom stereocenters. The van der Waals surface area contributed by atoms with Gasteiger partial charge in [0.25, 0.3) is 0 Å². The Balaban J connectivity index is 1.94. The van der Waals surface area contributed by atoms with E-state index in [2.05, 4.69) is 19.2 Å². The fraction of sp³-hybridized carbons (Fsp3) is 0.333. The maximum Gasteiger partial charge on any atom is 0.121 e. The molecule has 2 aromatic carbocycles. The highest BCUT2D eigenvalue weighted by Crippen LogP contribution is 2.47. The average Bonchev–Trinajstić information content (AvgIpc) is 2.81. The molecule has 0 radical (unpaired) electrons. The molecule has 1 aliphatic carbocycles. The summed E-state index contributed by atoms with van der Waals surface area (Å²) in [5.41, 5.74) is 4.60. The van der Waals surface area contributed by atoms with Crippen molar-refractivity contribution in [2.45, 2.75) is 32.2 Å². The normalized spacial score (nSPS) is 20.1. The van der Waals surface area contributed by atoms with Gasteiger partial charge in [-0.15, -0.1) is 0 Å². The van der Waals surface area contributed by atoms with Gasteiger partial charge in [0, 0.05) is 17.3 Å². The van der Waals surface area contributed by atoms with E-state index in [1.807, 2.05) is 30.3 Å². The minimum Gasteiger partial charge on any atom is -0.508 e. The second-order valence-corrected chi connectivity index (χ2v) is 5.79. The van der Waals surface area contributed by atoms with E-state index in [1.54, 1.807) is 13.2 Å². The number of rotatable bonds is 3. The molecule has 0 aromatic heterocycles. The Morgan fingerprint density at radius 3 is 2.76 bits per heavy atom. The molecule has 3 nitrogen and oxygen atoms in total. The highest BCUT2D eigenvalue weighted by atomic mass is 16.5. The molecule has 2 atom stereocenters. The Hall–Kier alpha value is -2.16. The number of aryl methyl sites for hydroxylation is 1. The third-order valence-electron chi connectivity index (χ3n) is 4.32. The second-order valence-electron chi connectivity index (χ2n) is 5.79. The number of aromatic hydroxyl groups is 1. The van der Waals surface area contributed by atoms with Gasteiger partial charge in [-0.3, -0.25) is 0 Å². The SMILES string of the molecule is COc1cccc(NC2CC(C)c3c(C)ccc(O)c32)c1. The molecule has 0 saturated carbocycles. The minimum absolute atomic E-state index is 0.141. The largest absolute Gasteiger partial charge is 0.508 e. The molecule has 3 rings (SSSR count). The molecular weight excluding hydrogens is 262 g/mol. The topological polar surface area (TPSA) is 41.5 Å². The lowest BCUT2D eigenvalue weighted by atomic mass is 9.97. The highest BCUT2D eigenvalue weighted by Gasteiger charge is 2.32. The zero-order valence-corrected chi connectivity index (χ0v) is 12.7. The van der Waals surface area contributed by atoms with Crippen LogP contribution in [0.1, 0.15) is 42.0 Å². The van der Waals surface area contributed by atoms with Crippen molar-refractivity contribution in [3.63, 3.8) is 0 Å². The van der Waals surface area contributed by atoms with Gasteiger partial charge in [-0.2, -0.15) is 0 Å². The Labute approximate surface area is 125 Å². The van der Waals surface area contributed by atoms with Gasteiger partial charge in [0.05, 0.1) is 13.2 Å². The summed E-state index contributed by atoms with van der Waals surface area (Å²) in [6.45, 7) is 4.33. The van der Waals surface area contributed by atoms with E-state index >= 15 is 0 Å². The summed E-state index contributed by atoms with van der Waals surface area (Å²) in [6, 6.07) is 11.8. The van der Waals surface area contributed by atoms with E-state index < -0.39 is 0 Å². The molecule has 0 aliphatic heterocycles. The number of benzene rings is 2. The van der Waals surface area contributed by atoms with Crippen molar-refractivity contribution in [3.05, 3.63) is 53.1 Å². The molecule has 2 aromatic rings. The van der Waals surface area contributed by atoms with Crippen LogP contribution in [0.4, 0.5) is 5.69 Å². The molecule has 0 bridgehead atoms. The fourth-order valence-electron chi connectivity index (χ4n) is 3.39.